The molecule has 0 radical (unpaired) electrons. The van der Waals surface area contributed by atoms with E-state index in [1.807, 2.05) is 14.0 Å². The predicted octanol–water partition coefficient (Wildman–Crippen LogP) is 3.47. The average Bonchev–Trinajstić information content (AvgIpc) is 2.02. The molecule has 0 unspecified atom stereocenters. The third-order valence-electron chi connectivity index (χ3n) is 1.75. The lowest BCUT2D eigenvalue weighted by molar-refractivity contribution is 1.09. The summed E-state index contributed by atoms with van der Waals surface area (Å²) in [6.45, 7) is 8.54. The molecule has 0 fully saturated rings. The molecule has 0 aliphatic rings. The van der Waals surface area contributed by atoms with Crippen molar-refractivity contribution in [3.63, 3.8) is 0 Å². The number of aliphatic imine (C=N–C) groups is 1. The van der Waals surface area contributed by atoms with Gasteiger partial charge in [-0.2, -0.15) is 0 Å². The first kappa shape index (κ1) is 10.8. The van der Waals surface area contributed by atoms with Gasteiger partial charge in [0.2, 0.25) is 0 Å². The summed E-state index contributed by atoms with van der Waals surface area (Å²) < 4.78 is 0. The van der Waals surface area contributed by atoms with E-state index in [2.05, 4.69) is 25.8 Å². The lowest BCUT2D eigenvalue weighted by atomic mass is 10.2. The van der Waals surface area contributed by atoms with Crippen LogP contribution in [0.15, 0.2) is 15.5 Å². The molecule has 2 heteroatoms. The van der Waals surface area contributed by atoms with Crippen LogP contribution in [0.25, 0.3) is 0 Å². The smallest absolute Gasteiger partial charge is 0.0685 e. The Hall–Kier alpha value is -0.240. The van der Waals surface area contributed by atoms with E-state index in [0.717, 1.165) is 11.5 Å². The number of hydrogen-bond donors (Lipinski definition) is 0. The van der Waals surface area contributed by atoms with Crippen molar-refractivity contribution in [1.29, 1.82) is 0 Å². The highest BCUT2D eigenvalue weighted by Gasteiger charge is 1.97. The normalized spacial score (nSPS) is 14.8. The molecule has 0 N–H and O–H groups in total. The molecule has 0 rings (SSSR count). The highest BCUT2D eigenvalue weighted by Crippen LogP contribution is 2.21. The SMILES string of the molecule is CC/C(C)=C(\C)S/C(C)=N\C. The Labute approximate surface area is 74.0 Å². The van der Waals surface area contributed by atoms with Crippen molar-refractivity contribution in [3.05, 3.63) is 10.5 Å². The van der Waals surface area contributed by atoms with Gasteiger partial charge in [0, 0.05) is 7.05 Å². The van der Waals surface area contributed by atoms with E-state index >= 15 is 0 Å². The molecule has 11 heavy (non-hydrogen) atoms. The number of hydrogen-bond acceptors (Lipinski definition) is 2. The molecule has 0 aliphatic carbocycles. The Balaban J connectivity index is 4.16. The maximum atomic E-state index is 4.09. The fourth-order valence-electron chi connectivity index (χ4n) is 0.603. The summed E-state index contributed by atoms with van der Waals surface area (Å²) >= 11 is 1.76. The van der Waals surface area contributed by atoms with Gasteiger partial charge in [0.15, 0.2) is 0 Å². The highest BCUT2D eigenvalue weighted by atomic mass is 32.2. The molecule has 0 aliphatic heterocycles. The third-order valence-corrected chi connectivity index (χ3v) is 2.88. The van der Waals surface area contributed by atoms with Gasteiger partial charge in [-0.05, 0) is 32.1 Å². The van der Waals surface area contributed by atoms with E-state index in [-0.39, 0.29) is 0 Å². The van der Waals surface area contributed by atoms with E-state index in [9.17, 15) is 0 Å². The molecule has 0 bridgehead atoms. The molecule has 1 nitrogen and oxygen atoms in total. The quantitative estimate of drug-likeness (QED) is 0.458. The van der Waals surface area contributed by atoms with E-state index in [1.54, 1.807) is 11.8 Å². The summed E-state index contributed by atoms with van der Waals surface area (Å²) in [5, 5.41) is 1.13. The lowest BCUT2D eigenvalue weighted by Crippen LogP contribution is -1.85. The van der Waals surface area contributed by atoms with Crippen molar-refractivity contribution >= 4 is 16.8 Å². The van der Waals surface area contributed by atoms with Crippen LogP contribution in [-0.2, 0) is 0 Å². The maximum absolute atomic E-state index is 4.09. The zero-order valence-corrected chi connectivity index (χ0v) is 8.88. The largest absolute Gasteiger partial charge is 0.286 e. The van der Waals surface area contributed by atoms with Crippen LogP contribution in [0.5, 0.6) is 0 Å². The minimum absolute atomic E-state index is 1.13. The second-order valence-corrected chi connectivity index (χ2v) is 3.94. The zero-order valence-electron chi connectivity index (χ0n) is 8.06. The van der Waals surface area contributed by atoms with E-state index in [0.29, 0.717) is 0 Å². The molecule has 0 heterocycles. The molecule has 0 spiro atoms. The first-order valence-corrected chi connectivity index (χ1v) is 4.71. The second-order valence-electron chi connectivity index (χ2n) is 2.53. The molecule has 0 saturated carbocycles. The topological polar surface area (TPSA) is 12.4 Å². The van der Waals surface area contributed by atoms with Crippen LogP contribution in [0.2, 0.25) is 0 Å². The average molecular weight is 171 g/mol. The van der Waals surface area contributed by atoms with Gasteiger partial charge in [0.05, 0.1) is 5.04 Å². The Bertz CT molecular complexity index is 180. The molecule has 0 amide bonds. The minimum atomic E-state index is 1.13. The molecule has 0 atom stereocenters. The van der Waals surface area contributed by atoms with Crippen LogP contribution in [-0.4, -0.2) is 12.1 Å². The Kier molecular flexibility index (Phi) is 5.30. The maximum Gasteiger partial charge on any atom is 0.0685 e. The van der Waals surface area contributed by atoms with Crippen molar-refractivity contribution in [3.8, 4) is 0 Å². The Morgan fingerprint density at radius 3 is 2.18 bits per heavy atom. The first-order chi connectivity index (χ1) is 5.11. The molecule has 64 valence electrons. The number of allylic oxidation sites excluding steroid dienone is 2. The van der Waals surface area contributed by atoms with Gasteiger partial charge in [-0.3, -0.25) is 4.99 Å². The molecule has 0 aromatic carbocycles. The standard InChI is InChI=1S/C9H17NS/c1-6-7(2)8(3)11-9(4)10-5/h6H2,1-5H3/b8-7+,10-9-. The van der Waals surface area contributed by atoms with Gasteiger partial charge in [0.25, 0.3) is 0 Å². The molecular weight excluding hydrogens is 154 g/mol. The predicted molar refractivity (Wildman–Crippen MR) is 55.3 cm³/mol. The molecule has 0 aromatic heterocycles. The monoisotopic (exact) mass is 171 g/mol. The summed E-state index contributed by atoms with van der Waals surface area (Å²) in [5.74, 6) is 0. The van der Waals surface area contributed by atoms with Gasteiger partial charge in [0.1, 0.15) is 0 Å². The van der Waals surface area contributed by atoms with Gasteiger partial charge in [-0.1, -0.05) is 24.3 Å². The number of rotatable bonds is 2. The van der Waals surface area contributed by atoms with Gasteiger partial charge in [-0.15, -0.1) is 0 Å². The molecular formula is C9H17NS. The van der Waals surface area contributed by atoms with Crippen molar-refractivity contribution in [1.82, 2.24) is 0 Å². The fourth-order valence-corrected chi connectivity index (χ4v) is 1.46. The van der Waals surface area contributed by atoms with Crippen LogP contribution in [0.4, 0.5) is 0 Å². The van der Waals surface area contributed by atoms with Crippen LogP contribution in [0, 0.1) is 0 Å². The van der Waals surface area contributed by atoms with Crippen molar-refractivity contribution < 1.29 is 0 Å². The fraction of sp³-hybridized carbons (Fsp3) is 0.667. The first-order valence-electron chi connectivity index (χ1n) is 3.89. The number of nitrogens with zero attached hydrogens (tertiary/aromatic N) is 1. The summed E-state index contributed by atoms with van der Waals surface area (Å²) in [5.41, 5.74) is 1.46. The number of thioether (sulfide) groups is 1. The van der Waals surface area contributed by atoms with Crippen LogP contribution in [0.1, 0.15) is 34.1 Å². The third kappa shape index (κ3) is 4.25. The van der Waals surface area contributed by atoms with Crippen LogP contribution < -0.4 is 0 Å². The minimum Gasteiger partial charge on any atom is -0.286 e. The Morgan fingerprint density at radius 2 is 1.82 bits per heavy atom. The van der Waals surface area contributed by atoms with E-state index < -0.39 is 0 Å². The van der Waals surface area contributed by atoms with E-state index in [1.165, 1.54) is 10.5 Å². The van der Waals surface area contributed by atoms with Gasteiger partial charge in [-0.25, -0.2) is 0 Å². The summed E-state index contributed by atoms with van der Waals surface area (Å²) in [6, 6.07) is 0. The lowest BCUT2D eigenvalue weighted by Gasteiger charge is -2.03. The van der Waals surface area contributed by atoms with E-state index in [4.69, 9.17) is 0 Å². The van der Waals surface area contributed by atoms with Crippen molar-refractivity contribution in [2.75, 3.05) is 7.05 Å². The van der Waals surface area contributed by atoms with Gasteiger partial charge >= 0.3 is 0 Å². The summed E-state index contributed by atoms with van der Waals surface area (Å²) in [4.78, 5) is 5.48. The Morgan fingerprint density at radius 1 is 1.27 bits per heavy atom. The molecule has 0 saturated heterocycles. The second kappa shape index (κ2) is 5.42. The molecule has 0 aromatic rings. The van der Waals surface area contributed by atoms with Crippen molar-refractivity contribution in [2.24, 2.45) is 4.99 Å². The van der Waals surface area contributed by atoms with Gasteiger partial charge < -0.3 is 0 Å². The van der Waals surface area contributed by atoms with Crippen molar-refractivity contribution in [2.45, 2.75) is 34.1 Å². The summed E-state index contributed by atoms with van der Waals surface area (Å²) in [6.07, 6.45) is 1.13. The zero-order chi connectivity index (χ0) is 8.85. The summed E-state index contributed by atoms with van der Waals surface area (Å²) in [7, 11) is 1.83. The van der Waals surface area contributed by atoms with Crippen LogP contribution >= 0.6 is 11.8 Å². The highest BCUT2D eigenvalue weighted by molar-refractivity contribution is 8.17. The van der Waals surface area contributed by atoms with Crippen LogP contribution in [0.3, 0.4) is 0 Å².